The van der Waals surface area contributed by atoms with E-state index in [0.717, 1.165) is 26.3 Å². The Kier molecular flexibility index (Phi) is 11.1. The van der Waals surface area contributed by atoms with Gasteiger partial charge in [0.15, 0.2) is 0 Å². The summed E-state index contributed by atoms with van der Waals surface area (Å²) in [6.45, 7) is 3.54. The minimum Gasteiger partial charge on any atom is -0.352 e. The molecule has 43 heavy (non-hydrogen) atoms. The summed E-state index contributed by atoms with van der Waals surface area (Å²) in [7, 11) is -4.13. The highest BCUT2D eigenvalue weighted by Crippen LogP contribution is 2.26. The van der Waals surface area contributed by atoms with Crippen LogP contribution in [-0.2, 0) is 32.6 Å². The van der Waals surface area contributed by atoms with Gasteiger partial charge < -0.3 is 10.2 Å². The van der Waals surface area contributed by atoms with Gasteiger partial charge in [-0.15, -0.1) is 0 Å². The van der Waals surface area contributed by atoms with E-state index in [4.69, 9.17) is 0 Å². The van der Waals surface area contributed by atoms with Crippen LogP contribution in [0, 0.1) is 0 Å². The zero-order valence-corrected chi connectivity index (χ0v) is 26.7. The molecule has 2 amide bonds. The highest BCUT2D eigenvalue weighted by Gasteiger charge is 2.34. The highest BCUT2D eigenvalue weighted by molar-refractivity contribution is 9.10. The van der Waals surface area contributed by atoms with E-state index in [2.05, 4.69) is 21.2 Å². The topological polar surface area (TPSA) is 86.8 Å². The second kappa shape index (κ2) is 15.0. The molecule has 0 fully saturated rings. The van der Waals surface area contributed by atoms with E-state index in [1.54, 1.807) is 42.5 Å². The Labute approximate surface area is 262 Å². The third-order valence-electron chi connectivity index (χ3n) is 7.19. The minimum atomic E-state index is -4.13. The van der Waals surface area contributed by atoms with Crippen LogP contribution in [0.5, 0.6) is 0 Å². The van der Waals surface area contributed by atoms with Gasteiger partial charge in [0.05, 0.1) is 10.6 Å². The second-order valence-corrected chi connectivity index (χ2v) is 13.1. The average Bonchev–Trinajstić information content (AvgIpc) is 3.03. The number of halogens is 1. The molecule has 0 aromatic heterocycles. The van der Waals surface area contributed by atoms with E-state index < -0.39 is 28.5 Å². The number of benzene rings is 4. The highest BCUT2D eigenvalue weighted by atomic mass is 79.9. The van der Waals surface area contributed by atoms with Crippen LogP contribution in [0.2, 0.25) is 0 Å². The van der Waals surface area contributed by atoms with Crippen LogP contribution in [0.15, 0.2) is 125 Å². The van der Waals surface area contributed by atoms with Gasteiger partial charge in [0.1, 0.15) is 12.6 Å². The molecular weight excluding hydrogens is 626 g/mol. The quantitative estimate of drug-likeness (QED) is 0.185. The van der Waals surface area contributed by atoms with Crippen LogP contribution in [0.25, 0.3) is 0 Å². The Morgan fingerprint density at radius 3 is 1.88 bits per heavy atom. The standard InChI is InChI=1S/C34H36BrN3O4S/c1-3-26(2)36-34(40)32(23-27-13-7-4-8-14-27)37(24-28-15-9-5-10-16-28)33(39)25-38(30-21-19-29(35)20-22-30)43(41,42)31-17-11-6-12-18-31/h4-22,26,32H,3,23-25H2,1-2H3,(H,36,40)/t26-,32+/m1/s1. The van der Waals surface area contributed by atoms with Crippen LogP contribution >= 0.6 is 15.9 Å². The molecule has 4 aromatic carbocycles. The van der Waals surface area contributed by atoms with E-state index in [-0.39, 0.29) is 29.8 Å². The summed E-state index contributed by atoms with van der Waals surface area (Å²) in [5.74, 6) is -0.782. The lowest BCUT2D eigenvalue weighted by molar-refractivity contribution is -0.140. The Bertz CT molecular complexity index is 1590. The van der Waals surface area contributed by atoms with Crippen molar-refractivity contribution >= 4 is 43.5 Å². The van der Waals surface area contributed by atoms with Gasteiger partial charge in [-0.05, 0) is 60.9 Å². The van der Waals surface area contributed by atoms with Crippen molar-refractivity contribution < 1.29 is 18.0 Å². The van der Waals surface area contributed by atoms with Crippen LogP contribution in [0.3, 0.4) is 0 Å². The lowest BCUT2D eigenvalue weighted by atomic mass is 10.0. The molecule has 0 aliphatic rings. The van der Waals surface area contributed by atoms with Crippen molar-refractivity contribution in [2.75, 3.05) is 10.8 Å². The monoisotopic (exact) mass is 661 g/mol. The van der Waals surface area contributed by atoms with E-state index in [9.17, 15) is 18.0 Å². The third-order valence-corrected chi connectivity index (χ3v) is 9.51. The first-order valence-corrected chi connectivity index (χ1v) is 16.4. The minimum absolute atomic E-state index is 0.0654. The number of nitrogens with zero attached hydrogens (tertiary/aromatic N) is 2. The summed E-state index contributed by atoms with van der Waals surface area (Å²) >= 11 is 3.41. The van der Waals surface area contributed by atoms with Crippen molar-refractivity contribution in [2.24, 2.45) is 0 Å². The number of hydrogen-bond acceptors (Lipinski definition) is 4. The number of anilines is 1. The summed E-state index contributed by atoms with van der Waals surface area (Å²) in [6.07, 6.45) is 0.995. The molecular formula is C34H36BrN3O4S. The number of sulfonamides is 1. The fraction of sp³-hybridized carbons (Fsp3) is 0.235. The number of hydrogen-bond donors (Lipinski definition) is 1. The molecule has 4 rings (SSSR count). The maximum atomic E-state index is 14.4. The van der Waals surface area contributed by atoms with Crippen molar-refractivity contribution in [1.82, 2.24) is 10.2 Å². The number of amides is 2. The molecule has 0 radical (unpaired) electrons. The zero-order valence-electron chi connectivity index (χ0n) is 24.3. The maximum Gasteiger partial charge on any atom is 0.264 e. The van der Waals surface area contributed by atoms with E-state index in [1.807, 2.05) is 74.5 Å². The fourth-order valence-electron chi connectivity index (χ4n) is 4.63. The number of carbonyl (C=O) groups is 2. The smallest absolute Gasteiger partial charge is 0.264 e. The van der Waals surface area contributed by atoms with Crippen molar-refractivity contribution in [2.45, 2.75) is 50.2 Å². The molecule has 0 saturated carbocycles. The summed E-state index contributed by atoms with van der Waals surface area (Å²) in [6, 6.07) is 32.7. The normalized spacial score (nSPS) is 12.6. The van der Waals surface area contributed by atoms with Gasteiger partial charge in [-0.25, -0.2) is 8.42 Å². The molecule has 224 valence electrons. The van der Waals surface area contributed by atoms with Crippen molar-refractivity contribution in [3.05, 3.63) is 131 Å². The van der Waals surface area contributed by atoms with Crippen LogP contribution in [0.4, 0.5) is 5.69 Å². The summed E-state index contributed by atoms with van der Waals surface area (Å²) in [5.41, 5.74) is 2.05. The zero-order chi connectivity index (χ0) is 30.8. The van der Waals surface area contributed by atoms with Gasteiger partial charge in [0.25, 0.3) is 10.0 Å². The van der Waals surface area contributed by atoms with Gasteiger partial charge in [-0.3, -0.25) is 13.9 Å². The number of nitrogens with one attached hydrogen (secondary N) is 1. The average molecular weight is 663 g/mol. The van der Waals surface area contributed by atoms with Crippen LogP contribution in [-0.4, -0.2) is 43.8 Å². The predicted molar refractivity (Wildman–Crippen MR) is 174 cm³/mol. The van der Waals surface area contributed by atoms with Crippen molar-refractivity contribution in [3.63, 3.8) is 0 Å². The molecule has 1 N–H and O–H groups in total. The molecule has 0 bridgehead atoms. The lowest BCUT2D eigenvalue weighted by Gasteiger charge is -2.34. The number of carbonyl (C=O) groups excluding carboxylic acids is 2. The Morgan fingerprint density at radius 1 is 0.791 bits per heavy atom. The summed E-state index contributed by atoms with van der Waals surface area (Å²) in [5, 5.41) is 3.05. The Balaban J connectivity index is 1.78. The van der Waals surface area contributed by atoms with E-state index in [0.29, 0.717) is 5.69 Å². The van der Waals surface area contributed by atoms with Gasteiger partial charge in [0, 0.05) is 23.5 Å². The predicted octanol–water partition coefficient (Wildman–Crippen LogP) is 6.20. The fourth-order valence-corrected chi connectivity index (χ4v) is 6.33. The molecule has 0 heterocycles. The molecule has 9 heteroatoms. The first-order chi connectivity index (χ1) is 20.7. The summed E-state index contributed by atoms with van der Waals surface area (Å²) < 4.78 is 29.8. The molecule has 0 unspecified atom stereocenters. The van der Waals surface area contributed by atoms with Gasteiger partial charge in [0.2, 0.25) is 11.8 Å². The van der Waals surface area contributed by atoms with Crippen molar-refractivity contribution in [1.29, 1.82) is 0 Å². The molecule has 7 nitrogen and oxygen atoms in total. The second-order valence-electron chi connectivity index (χ2n) is 10.3. The molecule has 0 saturated heterocycles. The van der Waals surface area contributed by atoms with Crippen LogP contribution in [0.1, 0.15) is 31.4 Å². The lowest BCUT2D eigenvalue weighted by Crippen LogP contribution is -2.54. The van der Waals surface area contributed by atoms with Gasteiger partial charge in [-0.2, -0.15) is 0 Å². The Morgan fingerprint density at radius 2 is 1.33 bits per heavy atom. The van der Waals surface area contributed by atoms with Crippen LogP contribution < -0.4 is 9.62 Å². The Hall–Kier alpha value is -3.95. The van der Waals surface area contributed by atoms with Gasteiger partial charge >= 0.3 is 0 Å². The molecule has 0 spiro atoms. The third kappa shape index (κ3) is 8.55. The largest absolute Gasteiger partial charge is 0.352 e. The molecule has 4 aromatic rings. The summed E-state index contributed by atoms with van der Waals surface area (Å²) in [4.78, 5) is 29.8. The van der Waals surface area contributed by atoms with Crippen molar-refractivity contribution in [3.8, 4) is 0 Å². The van der Waals surface area contributed by atoms with E-state index >= 15 is 0 Å². The van der Waals surface area contributed by atoms with E-state index in [1.165, 1.54) is 17.0 Å². The molecule has 0 aliphatic carbocycles. The molecule has 2 atom stereocenters. The maximum absolute atomic E-state index is 14.4. The van der Waals surface area contributed by atoms with Gasteiger partial charge in [-0.1, -0.05) is 102 Å². The first-order valence-electron chi connectivity index (χ1n) is 14.2. The SMILES string of the molecule is CC[C@@H](C)NC(=O)[C@H](Cc1ccccc1)N(Cc1ccccc1)C(=O)CN(c1ccc(Br)cc1)S(=O)(=O)c1ccccc1. The number of rotatable bonds is 13. The molecule has 0 aliphatic heterocycles. The first kappa shape index (κ1) is 32.0.